The Labute approximate surface area is 176 Å². The SMILES string of the molecule is S=C1NC(c2ccccn2)C(c2cccn2Cc2ccccn2)N1C1CCCC1. The minimum absolute atomic E-state index is 0.0432. The maximum Gasteiger partial charge on any atom is 0.170 e. The van der Waals surface area contributed by atoms with E-state index in [0.717, 1.165) is 23.0 Å². The molecule has 29 heavy (non-hydrogen) atoms. The van der Waals surface area contributed by atoms with Crippen LogP contribution in [0.5, 0.6) is 0 Å². The first-order valence-electron chi connectivity index (χ1n) is 10.4. The number of rotatable bonds is 5. The van der Waals surface area contributed by atoms with Crippen molar-refractivity contribution in [2.24, 2.45) is 0 Å². The number of hydrogen-bond acceptors (Lipinski definition) is 3. The van der Waals surface area contributed by atoms with E-state index in [2.05, 4.69) is 61.3 Å². The third kappa shape index (κ3) is 3.53. The molecule has 148 valence electrons. The van der Waals surface area contributed by atoms with Gasteiger partial charge in [-0.15, -0.1) is 0 Å². The van der Waals surface area contributed by atoms with Crippen molar-refractivity contribution in [1.29, 1.82) is 0 Å². The van der Waals surface area contributed by atoms with E-state index in [1.54, 1.807) is 0 Å². The van der Waals surface area contributed by atoms with E-state index in [0.29, 0.717) is 6.04 Å². The van der Waals surface area contributed by atoms with Gasteiger partial charge >= 0.3 is 0 Å². The highest BCUT2D eigenvalue weighted by Gasteiger charge is 2.44. The van der Waals surface area contributed by atoms with E-state index < -0.39 is 0 Å². The lowest BCUT2D eigenvalue weighted by molar-refractivity contribution is 0.237. The zero-order chi connectivity index (χ0) is 19.6. The predicted octanol–water partition coefficient (Wildman–Crippen LogP) is 4.24. The summed E-state index contributed by atoms with van der Waals surface area (Å²) in [5.74, 6) is 0. The van der Waals surface area contributed by atoms with E-state index in [1.807, 2.05) is 30.6 Å². The van der Waals surface area contributed by atoms with Gasteiger partial charge in [0.15, 0.2) is 5.11 Å². The van der Waals surface area contributed by atoms with Gasteiger partial charge < -0.3 is 14.8 Å². The summed E-state index contributed by atoms with van der Waals surface area (Å²) in [7, 11) is 0. The van der Waals surface area contributed by atoms with E-state index in [9.17, 15) is 0 Å². The third-order valence-corrected chi connectivity index (χ3v) is 6.41. The van der Waals surface area contributed by atoms with Gasteiger partial charge in [-0.3, -0.25) is 9.97 Å². The van der Waals surface area contributed by atoms with E-state index in [-0.39, 0.29) is 12.1 Å². The topological polar surface area (TPSA) is 46.0 Å². The van der Waals surface area contributed by atoms with Gasteiger partial charge in [0.2, 0.25) is 0 Å². The Hall–Kier alpha value is -2.73. The molecule has 2 fully saturated rings. The minimum atomic E-state index is 0.0432. The highest BCUT2D eigenvalue weighted by atomic mass is 32.1. The van der Waals surface area contributed by atoms with Gasteiger partial charge in [0.25, 0.3) is 0 Å². The molecule has 5 nitrogen and oxygen atoms in total. The van der Waals surface area contributed by atoms with Crippen LogP contribution in [0, 0.1) is 0 Å². The standard InChI is InChI=1S/C23H25N5S/c29-23-26-21(19-11-4-6-14-25-19)22(28(23)18-9-1-2-10-18)20-12-7-15-27(20)16-17-8-3-5-13-24-17/h3-8,11-15,18,21-22H,1-2,9-10,16H2,(H,26,29). The lowest BCUT2D eigenvalue weighted by Gasteiger charge is -2.33. The molecule has 1 aliphatic heterocycles. The van der Waals surface area contributed by atoms with Crippen LogP contribution in [0.15, 0.2) is 67.1 Å². The molecule has 1 saturated carbocycles. The molecule has 1 aliphatic carbocycles. The smallest absolute Gasteiger partial charge is 0.170 e. The molecule has 0 spiro atoms. The number of nitrogens with zero attached hydrogens (tertiary/aromatic N) is 4. The van der Waals surface area contributed by atoms with Crippen LogP contribution >= 0.6 is 12.2 Å². The van der Waals surface area contributed by atoms with Gasteiger partial charge in [-0.2, -0.15) is 0 Å². The Morgan fingerprint density at radius 3 is 2.48 bits per heavy atom. The van der Waals surface area contributed by atoms with Crippen LogP contribution < -0.4 is 5.32 Å². The Morgan fingerprint density at radius 1 is 0.966 bits per heavy atom. The van der Waals surface area contributed by atoms with E-state index in [1.165, 1.54) is 31.4 Å². The average molecular weight is 404 g/mol. The molecule has 2 atom stereocenters. The monoisotopic (exact) mass is 403 g/mol. The van der Waals surface area contributed by atoms with Crippen LogP contribution in [-0.2, 0) is 6.54 Å². The number of thiocarbonyl (C=S) groups is 1. The molecule has 6 heteroatoms. The predicted molar refractivity (Wildman–Crippen MR) is 117 cm³/mol. The van der Waals surface area contributed by atoms with Crippen molar-refractivity contribution in [3.05, 3.63) is 84.2 Å². The zero-order valence-electron chi connectivity index (χ0n) is 16.3. The molecule has 3 aromatic rings. The highest BCUT2D eigenvalue weighted by Crippen LogP contribution is 2.42. The van der Waals surface area contributed by atoms with Gasteiger partial charge in [-0.25, -0.2) is 0 Å². The molecule has 2 unspecified atom stereocenters. The third-order valence-electron chi connectivity index (χ3n) is 6.08. The van der Waals surface area contributed by atoms with Gasteiger partial charge in [0.05, 0.1) is 30.0 Å². The fraction of sp³-hybridized carbons (Fsp3) is 0.348. The van der Waals surface area contributed by atoms with Gasteiger partial charge in [0.1, 0.15) is 0 Å². The number of aromatic nitrogens is 3. The van der Waals surface area contributed by atoms with Crippen molar-refractivity contribution in [2.45, 2.75) is 50.4 Å². The van der Waals surface area contributed by atoms with Crippen LogP contribution in [0.4, 0.5) is 0 Å². The quantitative estimate of drug-likeness (QED) is 0.646. The molecule has 1 N–H and O–H groups in total. The van der Waals surface area contributed by atoms with Crippen molar-refractivity contribution >= 4 is 17.3 Å². The summed E-state index contributed by atoms with van der Waals surface area (Å²) in [6, 6.07) is 17.2. The number of pyridine rings is 2. The summed E-state index contributed by atoms with van der Waals surface area (Å²) in [4.78, 5) is 11.6. The molecule has 0 aromatic carbocycles. The van der Waals surface area contributed by atoms with Crippen LogP contribution in [0.2, 0.25) is 0 Å². The second-order valence-corrected chi connectivity index (χ2v) is 8.24. The van der Waals surface area contributed by atoms with Crippen LogP contribution in [-0.4, -0.2) is 30.6 Å². The summed E-state index contributed by atoms with van der Waals surface area (Å²) in [5.41, 5.74) is 3.34. The molecule has 2 aliphatic rings. The van der Waals surface area contributed by atoms with Gasteiger partial charge in [-0.1, -0.05) is 25.0 Å². The maximum atomic E-state index is 5.84. The van der Waals surface area contributed by atoms with Crippen LogP contribution in [0.1, 0.15) is 54.8 Å². The summed E-state index contributed by atoms with van der Waals surface area (Å²) in [6.07, 6.45) is 10.8. The molecule has 3 aromatic heterocycles. The summed E-state index contributed by atoms with van der Waals surface area (Å²) >= 11 is 5.84. The maximum absolute atomic E-state index is 5.84. The number of hydrogen-bond donors (Lipinski definition) is 1. The summed E-state index contributed by atoms with van der Waals surface area (Å²) in [5, 5.41) is 4.44. The Morgan fingerprint density at radius 2 is 1.76 bits per heavy atom. The largest absolute Gasteiger partial charge is 0.352 e. The molecular formula is C23H25N5S. The van der Waals surface area contributed by atoms with Crippen molar-refractivity contribution in [2.75, 3.05) is 0 Å². The number of nitrogens with one attached hydrogen (secondary N) is 1. The van der Waals surface area contributed by atoms with Gasteiger partial charge in [0, 0.05) is 30.3 Å². The zero-order valence-corrected chi connectivity index (χ0v) is 17.1. The Balaban J connectivity index is 1.55. The van der Waals surface area contributed by atoms with Gasteiger partial charge in [-0.05, 0) is 61.5 Å². The molecule has 1 saturated heterocycles. The molecule has 0 bridgehead atoms. The first-order valence-corrected chi connectivity index (χ1v) is 10.8. The first kappa shape index (κ1) is 18.3. The van der Waals surface area contributed by atoms with Crippen LogP contribution in [0.3, 0.4) is 0 Å². The van der Waals surface area contributed by atoms with E-state index in [4.69, 9.17) is 12.2 Å². The second kappa shape index (κ2) is 7.95. The minimum Gasteiger partial charge on any atom is -0.352 e. The normalized spacial score (nSPS) is 22.2. The Bertz CT molecular complexity index is 965. The fourth-order valence-corrected chi connectivity index (χ4v) is 5.15. The summed E-state index contributed by atoms with van der Waals surface area (Å²) < 4.78 is 2.31. The van der Waals surface area contributed by atoms with Crippen molar-refractivity contribution in [3.8, 4) is 0 Å². The molecule has 5 rings (SSSR count). The second-order valence-electron chi connectivity index (χ2n) is 7.85. The first-order chi connectivity index (χ1) is 14.3. The Kier molecular flexibility index (Phi) is 5.02. The molecule has 4 heterocycles. The van der Waals surface area contributed by atoms with Crippen LogP contribution in [0.25, 0.3) is 0 Å². The van der Waals surface area contributed by atoms with E-state index >= 15 is 0 Å². The molecule has 0 radical (unpaired) electrons. The highest BCUT2D eigenvalue weighted by molar-refractivity contribution is 7.80. The molecule has 0 amide bonds. The lowest BCUT2D eigenvalue weighted by Crippen LogP contribution is -2.38. The van der Waals surface area contributed by atoms with Crippen molar-refractivity contribution in [3.63, 3.8) is 0 Å². The lowest BCUT2D eigenvalue weighted by atomic mass is 9.99. The summed E-state index contributed by atoms with van der Waals surface area (Å²) in [6.45, 7) is 0.750. The average Bonchev–Trinajstić information content (AvgIpc) is 3.49. The fourth-order valence-electron chi connectivity index (χ4n) is 4.76. The molecular weight excluding hydrogens is 378 g/mol. The van der Waals surface area contributed by atoms with Crippen molar-refractivity contribution in [1.82, 2.24) is 24.8 Å². The van der Waals surface area contributed by atoms with Crippen molar-refractivity contribution < 1.29 is 0 Å².